The summed E-state index contributed by atoms with van der Waals surface area (Å²) in [6, 6.07) is 61.5. The second kappa shape index (κ2) is 11.0. The average Bonchev–Trinajstić information content (AvgIpc) is 3.82. The van der Waals surface area contributed by atoms with Gasteiger partial charge < -0.3 is 4.57 Å². The molecule has 1 aliphatic rings. The summed E-state index contributed by atoms with van der Waals surface area (Å²) >= 11 is 0. The largest absolute Gasteiger partial charge is 0.309 e. The minimum absolute atomic E-state index is 0.147. The third-order valence-corrected chi connectivity index (χ3v) is 12.1. The van der Waals surface area contributed by atoms with Crippen molar-refractivity contribution in [3.63, 3.8) is 0 Å². The molecule has 8 aromatic carbocycles. The van der Waals surface area contributed by atoms with Gasteiger partial charge in [-0.15, -0.1) is 0 Å². The van der Waals surface area contributed by atoms with Crippen molar-refractivity contribution in [3.8, 4) is 33.9 Å². The molecule has 258 valence electrons. The van der Waals surface area contributed by atoms with E-state index in [4.69, 9.17) is 9.97 Å². The van der Waals surface area contributed by atoms with E-state index in [-0.39, 0.29) is 5.41 Å². The molecule has 4 nitrogen and oxygen atoms in total. The Balaban J connectivity index is 1.24. The van der Waals surface area contributed by atoms with Gasteiger partial charge in [-0.3, -0.25) is 4.57 Å². The van der Waals surface area contributed by atoms with Crippen LogP contribution in [0.3, 0.4) is 0 Å². The van der Waals surface area contributed by atoms with Gasteiger partial charge in [0.25, 0.3) is 0 Å². The Kier molecular flexibility index (Phi) is 6.09. The highest BCUT2D eigenvalue weighted by Gasteiger charge is 2.35. The van der Waals surface area contributed by atoms with Gasteiger partial charge in [-0.05, 0) is 76.2 Å². The van der Waals surface area contributed by atoms with Gasteiger partial charge in [0.2, 0.25) is 0 Å². The molecule has 55 heavy (non-hydrogen) atoms. The summed E-state index contributed by atoms with van der Waals surface area (Å²) in [7, 11) is 0. The molecule has 0 unspecified atom stereocenters. The van der Waals surface area contributed by atoms with E-state index in [2.05, 4.69) is 193 Å². The summed E-state index contributed by atoms with van der Waals surface area (Å²) in [6.45, 7) is 4.68. The zero-order valence-corrected chi connectivity index (χ0v) is 30.5. The van der Waals surface area contributed by atoms with Crippen molar-refractivity contribution < 1.29 is 0 Å². The normalized spacial score (nSPS) is 13.4. The van der Waals surface area contributed by atoms with Crippen molar-refractivity contribution >= 4 is 65.4 Å². The molecule has 11 aromatic rings. The van der Waals surface area contributed by atoms with Crippen LogP contribution in [0.2, 0.25) is 0 Å². The van der Waals surface area contributed by atoms with Crippen molar-refractivity contribution in [2.24, 2.45) is 0 Å². The summed E-state index contributed by atoms with van der Waals surface area (Å²) in [5, 5.41) is 7.22. The highest BCUT2D eigenvalue weighted by molar-refractivity contribution is 6.23. The molecule has 4 heteroatoms. The van der Waals surface area contributed by atoms with Gasteiger partial charge in [-0.1, -0.05) is 135 Å². The highest BCUT2D eigenvalue weighted by Crippen LogP contribution is 2.50. The average molecular weight is 703 g/mol. The molecule has 0 spiro atoms. The summed E-state index contributed by atoms with van der Waals surface area (Å²) < 4.78 is 4.80. The molecule has 0 N–H and O–H groups in total. The number of nitrogens with zero attached hydrogens (tertiary/aromatic N) is 4. The Labute approximate surface area is 317 Å². The predicted octanol–water partition coefficient (Wildman–Crippen LogP) is 13.0. The van der Waals surface area contributed by atoms with Crippen molar-refractivity contribution in [2.45, 2.75) is 19.3 Å². The number of para-hydroxylation sites is 4. The van der Waals surface area contributed by atoms with Gasteiger partial charge in [0, 0.05) is 43.6 Å². The van der Waals surface area contributed by atoms with Gasteiger partial charge in [0.1, 0.15) is 5.69 Å². The van der Waals surface area contributed by atoms with E-state index in [9.17, 15) is 0 Å². The van der Waals surface area contributed by atoms with Crippen LogP contribution >= 0.6 is 0 Å². The van der Waals surface area contributed by atoms with Crippen LogP contribution in [0.1, 0.15) is 25.0 Å². The second-order valence-corrected chi connectivity index (χ2v) is 15.4. The van der Waals surface area contributed by atoms with Crippen LogP contribution in [0.15, 0.2) is 170 Å². The quantitative estimate of drug-likeness (QED) is 0.184. The summed E-state index contributed by atoms with van der Waals surface area (Å²) in [5.74, 6) is 0.824. The molecule has 0 amide bonds. The predicted molar refractivity (Wildman–Crippen MR) is 229 cm³/mol. The monoisotopic (exact) mass is 702 g/mol. The lowest BCUT2D eigenvalue weighted by Crippen LogP contribution is -2.15. The first-order chi connectivity index (χ1) is 27.0. The SMILES string of the molecule is CC1(C)c2ccccc2-c2ccc(-c3nc4ccccc4nc3-n3c4cc5c(cc4c4ccc6ccccc6c43)c3ccccc3n5-c3ccccc3)cc21. The van der Waals surface area contributed by atoms with Crippen molar-refractivity contribution in [3.05, 3.63) is 181 Å². The number of fused-ring (bicyclic) bond motifs is 12. The number of hydrogen-bond acceptors (Lipinski definition) is 2. The summed E-state index contributed by atoms with van der Waals surface area (Å²) in [5.41, 5.74) is 14.5. The van der Waals surface area contributed by atoms with Gasteiger partial charge in [0.05, 0.1) is 33.1 Å². The minimum Gasteiger partial charge on any atom is -0.309 e. The maximum atomic E-state index is 5.57. The zero-order chi connectivity index (χ0) is 36.4. The van der Waals surface area contributed by atoms with E-state index < -0.39 is 0 Å². The molecule has 0 aliphatic heterocycles. The molecule has 0 fully saturated rings. The first-order valence-corrected chi connectivity index (χ1v) is 19.0. The fourth-order valence-electron chi connectivity index (χ4n) is 9.51. The van der Waals surface area contributed by atoms with Crippen LogP contribution in [-0.4, -0.2) is 19.1 Å². The third-order valence-electron chi connectivity index (χ3n) is 12.1. The highest BCUT2D eigenvalue weighted by atomic mass is 15.1. The molecule has 3 aromatic heterocycles. The van der Waals surface area contributed by atoms with Gasteiger partial charge in [-0.2, -0.15) is 0 Å². The smallest absolute Gasteiger partial charge is 0.165 e. The first-order valence-electron chi connectivity index (χ1n) is 19.0. The van der Waals surface area contributed by atoms with E-state index in [1.54, 1.807) is 0 Å². The number of benzene rings is 8. The Morgan fingerprint density at radius 1 is 0.436 bits per heavy atom. The first kappa shape index (κ1) is 30.4. The summed E-state index contributed by atoms with van der Waals surface area (Å²) in [4.78, 5) is 11.1. The van der Waals surface area contributed by atoms with Crippen LogP contribution in [0.25, 0.3) is 99.3 Å². The maximum Gasteiger partial charge on any atom is 0.165 e. The van der Waals surface area contributed by atoms with Crippen LogP contribution in [0.4, 0.5) is 0 Å². The maximum absolute atomic E-state index is 5.57. The Morgan fingerprint density at radius 2 is 1.11 bits per heavy atom. The Hall–Kier alpha value is -7.04. The number of aromatic nitrogens is 4. The van der Waals surface area contributed by atoms with Crippen molar-refractivity contribution in [2.75, 3.05) is 0 Å². The Bertz CT molecular complexity index is 3400. The van der Waals surface area contributed by atoms with E-state index in [1.807, 2.05) is 0 Å². The lowest BCUT2D eigenvalue weighted by Gasteiger charge is -2.22. The van der Waals surface area contributed by atoms with Gasteiger partial charge in [0.15, 0.2) is 5.82 Å². The van der Waals surface area contributed by atoms with Crippen LogP contribution in [0, 0.1) is 0 Å². The van der Waals surface area contributed by atoms with Crippen LogP contribution in [0.5, 0.6) is 0 Å². The number of hydrogen-bond donors (Lipinski definition) is 0. The molecular formula is C51H34N4. The Morgan fingerprint density at radius 3 is 1.98 bits per heavy atom. The molecule has 0 saturated carbocycles. The summed E-state index contributed by atoms with van der Waals surface area (Å²) in [6.07, 6.45) is 0. The van der Waals surface area contributed by atoms with Gasteiger partial charge in [-0.25, -0.2) is 9.97 Å². The molecular weight excluding hydrogens is 669 g/mol. The molecule has 0 bridgehead atoms. The topological polar surface area (TPSA) is 35.6 Å². The van der Waals surface area contributed by atoms with E-state index in [1.165, 1.54) is 60.1 Å². The fraction of sp³-hybridized carbons (Fsp3) is 0.0588. The number of rotatable bonds is 3. The second-order valence-electron chi connectivity index (χ2n) is 15.4. The lowest BCUT2D eigenvalue weighted by molar-refractivity contribution is 0.660. The lowest BCUT2D eigenvalue weighted by atomic mass is 9.82. The molecule has 1 aliphatic carbocycles. The van der Waals surface area contributed by atoms with E-state index in [0.717, 1.165) is 50.3 Å². The molecule has 0 radical (unpaired) electrons. The minimum atomic E-state index is -0.147. The molecule has 3 heterocycles. The third kappa shape index (κ3) is 4.17. The van der Waals surface area contributed by atoms with E-state index >= 15 is 0 Å². The van der Waals surface area contributed by atoms with Crippen LogP contribution in [-0.2, 0) is 5.41 Å². The zero-order valence-electron chi connectivity index (χ0n) is 30.5. The fourth-order valence-corrected chi connectivity index (χ4v) is 9.51. The standard InChI is InChI=1S/C51H34N4/c1-51(2)41-20-10-8-18-35(41)36-26-25-32(28-42(36)51)48-50(53-44-22-12-11-21-43(44)52-48)55-47-30-46-39(29-40(47)38-27-24-31-14-6-7-17-34(31)49(38)55)37-19-9-13-23-45(37)54(46)33-15-4-3-5-16-33/h3-30H,1-2H3. The van der Waals surface area contributed by atoms with Crippen LogP contribution < -0.4 is 0 Å². The van der Waals surface area contributed by atoms with E-state index in [0.29, 0.717) is 0 Å². The van der Waals surface area contributed by atoms with Gasteiger partial charge >= 0.3 is 0 Å². The van der Waals surface area contributed by atoms with Crippen molar-refractivity contribution in [1.82, 2.24) is 19.1 Å². The van der Waals surface area contributed by atoms with Crippen molar-refractivity contribution in [1.29, 1.82) is 0 Å². The molecule has 12 rings (SSSR count). The molecule has 0 atom stereocenters. The molecule has 0 saturated heterocycles.